The molecule has 0 bridgehead atoms. The number of hydrogen-bond acceptors (Lipinski definition) is 4. The molecule has 1 N–H and O–H groups in total. The smallest absolute Gasteiger partial charge is 0.231 e. The third kappa shape index (κ3) is 4.68. The molecular weight excluding hydrogens is 438 g/mol. The minimum absolute atomic E-state index is 0. The second-order valence-corrected chi connectivity index (χ2v) is 9.97. The average molecular weight is 472 g/mol. The van der Waals surface area contributed by atoms with Gasteiger partial charge >= 0.3 is 0 Å². The second-order valence-electron chi connectivity index (χ2n) is 9.97. The Morgan fingerprint density at radius 1 is 0.943 bits per heavy atom. The van der Waals surface area contributed by atoms with Crippen molar-refractivity contribution in [2.24, 2.45) is 5.92 Å². The van der Waals surface area contributed by atoms with Crippen LogP contribution in [-0.4, -0.2) is 18.5 Å². The van der Waals surface area contributed by atoms with E-state index in [4.69, 9.17) is 9.47 Å². The molecule has 3 aromatic carbocycles. The van der Waals surface area contributed by atoms with E-state index in [0.29, 0.717) is 13.0 Å². The molecular formula is C30H33NO4. The summed E-state index contributed by atoms with van der Waals surface area (Å²) >= 11 is 0. The minimum Gasteiger partial charge on any atom is -0.454 e. The zero-order chi connectivity index (χ0) is 24.6. The van der Waals surface area contributed by atoms with Crippen LogP contribution in [-0.2, 0) is 28.0 Å². The van der Waals surface area contributed by atoms with Crippen LogP contribution in [0.4, 0.5) is 0 Å². The van der Waals surface area contributed by atoms with Gasteiger partial charge in [0.05, 0.1) is 5.41 Å². The highest BCUT2D eigenvalue weighted by atomic mass is 16.7. The van der Waals surface area contributed by atoms with Crippen LogP contribution < -0.4 is 14.8 Å². The first-order chi connectivity index (χ1) is 16.9. The molecule has 1 amide bonds. The van der Waals surface area contributed by atoms with Gasteiger partial charge in [-0.2, -0.15) is 0 Å². The van der Waals surface area contributed by atoms with Crippen LogP contribution in [0, 0.1) is 12.8 Å². The van der Waals surface area contributed by atoms with E-state index in [-0.39, 0.29) is 25.8 Å². The maximum absolute atomic E-state index is 13.4. The van der Waals surface area contributed by atoms with Crippen LogP contribution in [0.1, 0.15) is 50.4 Å². The molecule has 5 heteroatoms. The summed E-state index contributed by atoms with van der Waals surface area (Å²) < 4.78 is 11.0. The SMILES string of the molecule is Cc1ccc(CC(=O)C2(c3ccc4c(c3)OCO4)CC2)cc1-c1ccc(CNC(=O)C(C)C)cc1.[HH]. The molecule has 0 spiro atoms. The average Bonchev–Trinajstić information content (AvgIpc) is 3.54. The highest BCUT2D eigenvalue weighted by Gasteiger charge is 2.50. The van der Waals surface area contributed by atoms with E-state index in [1.165, 1.54) is 5.56 Å². The molecule has 0 aromatic heterocycles. The fourth-order valence-electron chi connectivity index (χ4n) is 4.69. The van der Waals surface area contributed by atoms with Crippen LogP contribution in [0.5, 0.6) is 11.5 Å². The van der Waals surface area contributed by atoms with Crippen LogP contribution in [0.15, 0.2) is 60.7 Å². The monoisotopic (exact) mass is 471 g/mol. The molecule has 1 saturated carbocycles. The lowest BCUT2D eigenvalue weighted by atomic mass is 9.87. The molecule has 1 heterocycles. The molecule has 35 heavy (non-hydrogen) atoms. The van der Waals surface area contributed by atoms with Crippen LogP contribution in [0.3, 0.4) is 0 Å². The summed E-state index contributed by atoms with van der Waals surface area (Å²) in [5.41, 5.74) is 6.10. The fourth-order valence-corrected chi connectivity index (χ4v) is 4.69. The first-order valence-electron chi connectivity index (χ1n) is 12.3. The van der Waals surface area contributed by atoms with E-state index >= 15 is 0 Å². The summed E-state index contributed by atoms with van der Waals surface area (Å²) in [6.45, 7) is 6.62. The molecule has 1 fully saturated rings. The zero-order valence-electron chi connectivity index (χ0n) is 20.5. The first kappa shape index (κ1) is 23.2. The Kier molecular flexibility index (Phi) is 6.10. The van der Waals surface area contributed by atoms with Crippen molar-refractivity contribution in [1.29, 1.82) is 0 Å². The van der Waals surface area contributed by atoms with Crippen LogP contribution in [0.2, 0.25) is 0 Å². The maximum Gasteiger partial charge on any atom is 0.231 e. The molecule has 2 aliphatic rings. The van der Waals surface area contributed by atoms with Crippen LogP contribution in [0.25, 0.3) is 11.1 Å². The van der Waals surface area contributed by atoms with Crippen molar-refractivity contribution in [2.75, 3.05) is 6.79 Å². The number of rotatable bonds is 8. The molecule has 1 aliphatic carbocycles. The van der Waals surface area contributed by atoms with Crippen molar-refractivity contribution < 1.29 is 20.5 Å². The number of fused-ring (bicyclic) bond motifs is 1. The molecule has 0 saturated heterocycles. The van der Waals surface area contributed by atoms with E-state index < -0.39 is 5.41 Å². The largest absolute Gasteiger partial charge is 0.454 e. The molecule has 1 aliphatic heterocycles. The van der Waals surface area contributed by atoms with E-state index in [0.717, 1.165) is 52.2 Å². The lowest BCUT2D eigenvalue weighted by molar-refractivity contribution is -0.124. The molecule has 0 atom stereocenters. The summed E-state index contributed by atoms with van der Waals surface area (Å²) in [6, 6.07) is 20.4. The molecule has 5 rings (SSSR count). The molecule has 5 nitrogen and oxygen atoms in total. The predicted molar refractivity (Wildman–Crippen MR) is 138 cm³/mol. The number of ether oxygens (including phenoxy) is 2. The molecule has 182 valence electrons. The minimum atomic E-state index is -0.409. The van der Waals surface area contributed by atoms with Crippen molar-refractivity contribution in [3.8, 4) is 22.6 Å². The normalized spacial score (nSPS) is 15.2. The summed E-state index contributed by atoms with van der Waals surface area (Å²) in [5.74, 6) is 1.75. The summed E-state index contributed by atoms with van der Waals surface area (Å²) in [5, 5.41) is 2.96. The number of hydrogen-bond donors (Lipinski definition) is 1. The van der Waals surface area contributed by atoms with Gasteiger partial charge in [0.2, 0.25) is 12.7 Å². The van der Waals surface area contributed by atoms with Gasteiger partial charge in [0.15, 0.2) is 11.5 Å². The molecule has 3 aromatic rings. The quantitative estimate of drug-likeness (QED) is 0.454. The Balaban J connectivity index is 0.00000304. The number of Topliss-reactive ketones (excluding diaryl/α,β-unsaturated/α-hetero) is 1. The predicted octanol–water partition coefficient (Wildman–Crippen LogP) is 5.75. The lowest BCUT2D eigenvalue weighted by Gasteiger charge is -2.16. The highest BCUT2D eigenvalue weighted by Crippen LogP contribution is 2.51. The second kappa shape index (κ2) is 9.21. The topological polar surface area (TPSA) is 64.6 Å². The maximum atomic E-state index is 13.4. The summed E-state index contributed by atoms with van der Waals surface area (Å²) in [7, 11) is 0. The summed E-state index contributed by atoms with van der Waals surface area (Å²) in [4.78, 5) is 25.3. The van der Waals surface area contributed by atoms with E-state index in [1.54, 1.807) is 0 Å². The zero-order valence-corrected chi connectivity index (χ0v) is 20.5. The van der Waals surface area contributed by atoms with Gasteiger partial charge in [0.1, 0.15) is 5.78 Å². The number of carbonyl (C=O) groups is 2. The number of amides is 1. The van der Waals surface area contributed by atoms with E-state index in [1.807, 2.05) is 44.2 Å². The highest BCUT2D eigenvalue weighted by molar-refractivity contribution is 5.95. The standard InChI is InChI=1S/C30H31NO4.H2/c1-19(2)29(33)31-17-21-6-8-23(9-7-21)25-14-22(5-4-20(25)3)15-28(32)30(12-13-30)24-10-11-26-27(16-24)35-18-34-26;/h4-11,14,16,19H,12-13,15,17-18H2,1-3H3,(H,31,33);1H. The number of ketones is 1. The van der Waals surface area contributed by atoms with Gasteiger partial charge in [-0.25, -0.2) is 0 Å². The van der Waals surface area contributed by atoms with Gasteiger partial charge in [-0.05, 0) is 65.3 Å². The van der Waals surface area contributed by atoms with Crippen molar-refractivity contribution in [3.05, 3.63) is 82.9 Å². The van der Waals surface area contributed by atoms with Crippen molar-refractivity contribution >= 4 is 11.7 Å². The summed E-state index contributed by atoms with van der Waals surface area (Å²) in [6.07, 6.45) is 2.15. The molecule has 0 unspecified atom stereocenters. The Hall–Kier alpha value is -3.60. The Bertz CT molecular complexity index is 1280. The lowest BCUT2D eigenvalue weighted by Crippen LogP contribution is -2.27. The Labute approximate surface area is 207 Å². The van der Waals surface area contributed by atoms with Gasteiger partial charge in [-0.3, -0.25) is 9.59 Å². The van der Waals surface area contributed by atoms with Gasteiger partial charge in [-0.1, -0.05) is 62.4 Å². The van der Waals surface area contributed by atoms with E-state index in [2.05, 4.69) is 42.6 Å². The van der Waals surface area contributed by atoms with Crippen molar-refractivity contribution in [3.63, 3.8) is 0 Å². The third-order valence-corrected chi connectivity index (χ3v) is 7.13. The first-order valence-corrected chi connectivity index (χ1v) is 12.3. The van der Waals surface area contributed by atoms with E-state index in [9.17, 15) is 9.59 Å². The molecule has 0 radical (unpaired) electrons. The van der Waals surface area contributed by atoms with Gasteiger partial charge in [0, 0.05) is 20.3 Å². The number of aryl methyl sites for hydroxylation is 1. The van der Waals surface area contributed by atoms with Crippen molar-refractivity contribution in [1.82, 2.24) is 5.32 Å². The Morgan fingerprint density at radius 2 is 1.66 bits per heavy atom. The Morgan fingerprint density at radius 3 is 2.37 bits per heavy atom. The van der Waals surface area contributed by atoms with Crippen LogP contribution >= 0.6 is 0 Å². The number of nitrogens with one attached hydrogen (secondary N) is 1. The number of benzene rings is 3. The van der Waals surface area contributed by atoms with Crippen molar-refractivity contribution in [2.45, 2.75) is 52.0 Å². The van der Waals surface area contributed by atoms with Gasteiger partial charge < -0.3 is 14.8 Å². The third-order valence-electron chi connectivity index (χ3n) is 7.13. The number of carbonyl (C=O) groups excluding carboxylic acids is 2. The van der Waals surface area contributed by atoms with Gasteiger partial charge in [-0.15, -0.1) is 0 Å². The van der Waals surface area contributed by atoms with Gasteiger partial charge in [0.25, 0.3) is 0 Å². The fraction of sp³-hybridized carbons (Fsp3) is 0.333.